The minimum absolute atomic E-state index is 0.0147. The molecule has 0 spiro atoms. The number of nitrogens with one attached hydrogen (secondary N) is 1. The van der Waals surface area contributed by atoms with Crippen molar-refractivity contribution in [3.63, 3.8) is 0 Å². The van der Waals surface area contributed by atoms with Crippen molar-refractivity contribution in [1.29, 1.82) is 5.26 Å². The summed E-state index contributed by atoms with van der Waals surface area (Å²) in [6.45, 7) is 1.46. The van der Waals surface area contributed by atoms with Gasteiger partial charge in [-0.2, -0.15) is 5.26 Å². The Hall–Kier alpha value is -2.52. The number of hydrogen-bond acceptors (Lipinski definition) is 5. The van der Waals surface area contributed by atoms with Gasteiger partial charge in [0.15, 0.2) is 5.78 Å². The fourth-order valence-corrected chi connectivity index (χ4v) is 2.08. The minimum atomic E-state index is -0.658. The lowest BCUT2D eigenvalue weighted by molar-refractivity contribution is -0.121. The van der Waals surface area contributed by atoms with Crippen molar-refractivity contribution in [3.8, 4) is 6.07 Å². The molecule has 6 heteroatoms. The summed E-state index contributed by atoms with van der Waals surface area (Å²) in [7, 11) is 0. The van der Waals surface area contributed by atoms with Crippen LogP contribution in [0.25, 0.3) is 0 Å². The molecule has 6 nitrogen and oxygen atoms in total. The molecule has 20 heavy (non-hydrogen) atoms. The molecule has 0 unspecified atom stereocenters. The Kier molecular flexibility index (Phi) is 3.91. The second kappa shape index (κ2) is 5.63. The molecule has 1 saturated heterocycles. The number of nitrogens with zero attached hydrogens (tertiary/aromatic N) is 2. The third-order valence-corrected chi connectivity index (χ3v) is 3.11. The van der Waals surface area contributed by atoms with Crippen LogP contribution in [-0.4, -0.2) is 30.2 Å². The predicted octanol–water partition coefficient (Wildman–Crippen LogP) is 0.634. The Morgan fingerprint density at radius 2 is 2.05 bits per heavy atom. The van der Waals surface area contributed by atoms with E-state index in [1.165, 1.54) is 6.92 Å². The van der Waals surface area contributed by atoms with Crippen molar-refractivity contribution in [2.24, 2.45) is 0 Å². The lowest BCUT2D eigenvalue weighted by Crippen LogP contribution is -2.39. The summed E-state index contributed by atoms with van der Waals surface area (Å²) in [5, 5.41) is 11.2. The third-order valence-electron chi connectivity index (χ3n) is 3.11. The predicted molar refractivity (Wildman–Crippen MR) is 71.0 cm³/mol. The standard InChI is InChI=1S/C14H13N3O3/c1-9(18)10-2-4-11(5-3-10)17-13(19)8-12(14(17)20)16-7-6-15/h2-5,12,16H,7-8H2,1H3/t12-/m0/s1. The topological polar surface area (TPSA) is 90.3 Å². The van der Waals surface area contributed by atoms with Crippen molar-refractivity contribution in [2.45, 2.75) is 19.4 Å². The Balaban J connectivity index is 2.20. The summed E-state index contributed by atoms with van der Waals surface area (Å²) in [6, 6.07) is 7.51. The van der Waals surface area contributed by atoms with Crippen LogP contribution in [0.1, 0.15) is 23.7 Å². The number of carbonyl (C=O) groups excluding carboxylic acids is 3. The maximum Gasteiger partial charge on any atom is 0.251 e. The van der Waals surface area contributed by atoms with Gasteiger partial charge in [0.25, 0.3) is 5.91 Å². The average Bonchev–Trinajstić information content (AvgIpc) is 2.71. The molecule has 1 atom stereocenters. The van der Waals surface area contributed by atoms with Crippen molar-refractivity contribution in [1.82, 2.24) is 5.32 Å². The monoisotopic (exact) mass is 271 g/mol. The van der Waals surface area contributed by atoms with Gasteiger partial charge in [-0.1, -0.05) is 0 Å². The second-order valence-electron chi connectivity index (χ2n) is 4.47. The van der Waals surface area contributed by atoms with Crippen LogP contribution in [0.15, 0.2) is 24.3 Å². The molecular formula is C14H13N3O3. The zero-order chi connectivity index (χ0) is 14.7. The van der Waals surface area contributed by atoms with Crippen LogP contribution in [0.4, 0.5) is 5.69 Å². The highest BCUT2D eigenvalue weighted by Crippen LogP contribution is 2.23. The lowest BCUT2D eigenvalue weighted by Gasteiger charge is -2.15. The number of carbonyl (C=O) groups is 3. The summed E-state index contributed by atoms with van der Waals surface area (Å²) in [5.74, 6) is -0.772. The van der Waals surface area contributed by atoms with Crippen LogP contribution in [-0.2, 0) is 9.59 Å². The number of anilines is 1. The first-order valence-electron chi connectivity index (χ1n) is 6.12. The fourth-order valence-electron chi connectivity index (χ4n) is 2.08. The number of amides is 2. The van der Waals surface area contributed by atoms with Gasteiger partial charge >= 0.3 is 0 Å². The SMILES string of the molecule is CC(=O)c1ccc(N2C(=O)C[C@H](NCC#N)C2=O)cc1. The van der Waals surface area contributed by atoms with Crippen LogP contribution in [0, 0.1) is 11.3 Å². The first-order valence-corrected chi connectivity index (χ1v) is 6.12. The molecule has 1 heterocycles. The number of nitriles is 1. The van der Waals surface area contributed by atoms with Gasteiger partial charge in [-0.15, -0.1) is 0 Å². The van der Waals surface area contributed by atoms with E-state index in [0.717, 1.165) is 4.90 Å². The van der Waals surface area contributed by atoms with Crippen LogP contribution in [0.2, 0.25) is 0 Å². The average molecular weight is 271 g/mol. The van der Waals surface area contributed by atoms with E-state index in [4.69, 9.17) is 5.26 Å². The van der Waals surface area contributed by atoms with Gasteiger partial charge in [0.2, 0.25) is 5.91 Å². The van der Waals surface area contributed by atoms with Crippen LogP contribution >= 0.6 is 0 Å². The highest BCUT2D eigenvalue weighted by Gasteiger charge is 2.39. The Morgan fingerprint density at radius 1 is 1.40 bits per heavy atom. The van der Waals surface area contributed by atoms with Crippen LogP contribution in [0.3, 0.4) is 0 Å². The molecule has 0 saturated carbocycles. The highest BCUT2D eigenvalue weighted by atomic mass is 16.2. The quantitative estimate of drug-likeness (QED) is 0.493. The molecule has 1 aliphatic heterocycles. The van der Waals surface area contributed by atoms with Gasteiger partial charge in [0.05, 0.1) is 30.8 Å². The summed E-state index contributed by atoms with van der Waals surface area (Å²) in [4.78, 5) is 36.3. The summed E-state index contributed by atoms with van der Waals surface area (Å²) in [5.41, 5.74) is 0.957. The first kappa shape index (κ1) is 13.9. The Bertz CT molecular complexity index is 601. The Labute approximate surface area is 116 Å². The second-order valence-corrected chi connectivity index (χ2v) is 4.47. The number of hydrogen-bond donors (Lipinski definition) is 1. The maximum absolute atomic E-state index is 12.1. The molecule has 0 bridgehead atoms. The van der Waals surface area contributed by atoms with E-state index in [-0.39, 0.29) is 30.6 Å². The van der Waals surface area contributed by atoms with Crippen LogP contribution < -0.4 is 10.2 Å². The molecule has 0 aromatic heterocycles. The van der Waals surface area contributed by atoms with E-state index in [1.54, 1.807) is 24.3 Å². The van der Waals surface area contributed by atoms with E-state index in [0.29, 0.717) is 11.3 Å². The van der Waals surface area contributed by atoms with Gasteiger partial charge in [-0.3, -0.25) is 19.7 Å². The van der Waals surface area contributed by atoms with E-state index in [9.17, 15) is 14.4 Å². The maximum atomic E-state index is 12.1. The van der Waals surface area contributed by atoms with Crippen molar-refractivity contribution in [2.75, 3.05) is 11.4 Å². The highest BCUT2D eigenvalue weighted by molar-refractivity contribution is 6.22. The zero-order valence-electron chi connectivity index (χ0n) is 10.9. The fraction of sp³-hybridized carbons (Fsp3) is 0.286. The van der Waals surface area contributed by atoms with Gasteiger partial charge in [0.1, 0.15) is 0 Å². The smallest absolute Gasteiger partial charge is 0.251 e. The third kappa shape index (κ3) is 2.58. The largest absolute Gasteiger partial charge is 0.295 e. The normalized spacial score (nSPS) is 18.2. The molecule has 1 fully saturated rings. The number of benzene rings is 1. The number of rotatable bonds is 4. The molecule has 102 valence electrons. The van der Waals surface area contributed by atoms with Gasteiger partial charge in [-0.05, 0) is 31.2 Å². The summed E-state index contributed by atoms with van der Waals surface area (Å²) in [6.07, 6.45) is 0.0367. The van der Waals surface area contributed by atoms with Gasteiger partial charge in [-0.25, -0.2) is 4.90 Å². The molecule has 1 aromatic carbocycles. The minimum Gasteiger partial charge on any atom is -0.295 e. The van der Waals surface area contributed by atoms with Crippen molar-refractivity contribution >= 4 is 23.3 Å². The number of Topliss-reactive ketones (excluding diaryl/α,β-unsaturated/α-hetero) is 1. The Morgan fingerprint density at radius 3 is 2.60 bits per heavy atom. The molecule has 1 aliphatic rings. The van der Waals surface area contributed by atoms with E-state index < -0.39 is 6.04 Å². The zero-order valence-corrected chi connectivity index (χ0v) is 10.9. The summed E-state index contributed by atoms with van der Waals surface area (Å²) < 4.78 is 0. The van der Waals surface area contributed by atoms with E-state index in [1.807, 2.05) is 6.07 Å². The van der Waals surface area contributed by atoms with Gasteiger partial charge in [0, 0.05) is 5.56 Å². The van der Waals surface area contributed by atoms with Gasteiger partial charge < -0.3 is 0 Å². The molecule has 1 aromatic rings. The molecule has 2 rings (SSSR count). The van der Waals surface area contributed by atoms with E-state index in [2.05, 4.69) is 5.32 Å². The molecule has 0 aliphatic carbocycles. The van der Waals surface area contributed by atoms with E-state index >= 15 is 0 Å². The molecule has 0 radical (unpaired) electrons. The van der Waals surface area contributed by atoms with Crippen molar-refractivity contribution < 1.29 is 14.4 Å². The number of imide groups is 1. The molecule has 2 amide bonds. The number of ketones is 1. The summed E-state index contributed by atoms with van der Waals surface area (Å²) >= 11 is 0. The lowest BCUT2D eigenvalue weighted by atomic mass is 10.1. The molecule has 1 N–H and O–H groups in total. The first-order chi connectivity index (χ1) is 9.54. The van der Waals surface area contributed by atoms with Crippen molar-refractivity contribution in [3.05, 3.63) is 29.8 Å². The van der Waals surface area contributed by atoms with Crippen LogP contribution in [0.5, 0.6) is 0 Å². The molecular weight excluding hydrogens is 258 g/mol.